The predicted molar refractivity (Wildman–Crippen MR) is 80.5 cm³/mol. The van der Waals surface area contributed by atoms with E-state index in [0.717, 1.165) is 19.8 Å². The number of hydrogen-bond donors (Lipinski definition) is 1. The van der Waals surface area contributed by atoms with Crippen molar-refractivity contribution in [1.29, 1.82) is 0 Å². The molecule has 0 aliphatic carbocycles. The van der Waals surface area contributed by atoms with Crippen LogP contribution in [-0.4, -0.2) is 50.3 Å². The van der Waals surface area contributed by atoms with E-state index < -0.39 is 0 Å². The number of ether oxygens (including phenoxy) is 1. The molecule has 0 aromatic rings. The standard InChI is InChI=1S/C16H32N2O/c1-14(2)17-11-16(6-9-19-10-7-16)13-18-8-5-15(3,4)12-18/h14,17H,5-13H2,1-4H3. The Bertz CT molecular complexity index is 282. The molecule has 0 radical (unpaired) electrons. The number of hydrogen-bond acceptors (Lipinski definition) is 3. The highest BCUT2D eigenvalue weighted by atomic mass is 16.5. The Morgan fingerprint density at radius 2 is 1.84 bits per heavy atom. The summed E-state index contributed by atoms with van der Waals surface area (Å²) < 4.78 is 5.59. The van der Waals surface area contributed by atoms with Gasteiger partial charge in [-0.2, -0.15) is 0 Å². The normalized spacial score (nSPS) is 27.0. The van der Waals surface area contributed by atoms with Crippen molar-refractivity contribution < 1.29 is 4.74 Å². The summed E-state index contributed by atoms with van der Waals surface area (Å²) in [6.07, 6.45) is 3.77. The number of nitrogens with zero attached hydrogens (tertiary/aromatic N) is 1. The van der Waals surface area contributed by atoms with Gasteiger partial charge >= 0.3 is 0 Å². The lowest BCUT2D eigenvalue weighted by Gasteiger charge is -2.41. The van der Waals surface area contributed by atoms with Crippen molar-refractivity contribution >= 4 is 0 Å². The van der Waals surface area contributed by atoms with E-state index in [-0.39, 0.29) is 0 Å². The van der Waals surface area contributed by atoms with Crippen LogP contribution in [0.4, 0.5) is 0 Å². The molecule has 3 nitrogen and oxygen atoms in total. The van der Waals surface area contributed by atoms with E-state index >= 15 is 0 Å². The highest BCUT2D eigenvalue weighted by Crippen LogP contribution is 2.35. The van der Waals surface area contributed by atoms with Gasteiger partial charge in [0.05, 0.1) is 0 Å². The summed E-state index contributed by atoms with van der Waals surface area (Å²) in [4.78, 5) is 2.69. The fraction of sp³-hybridized carbons (Fsp3) is 1.00. The van der Waals surface area contributed by atoms with Crippen LogP contribution in [0.5, 0.6) is 0 Å². The first-order valence-electron chi connectivity index (χ1n) is 7.94. The molecule has 0 spiro atoms. The molecule has 2 saturated heterocycles. The molecule has 2 aliphatic rings. The van der Waals surface area contributed by atoms with Crippen LogP contribution in [0.2, 0.25) is 0 Å². The lowest BCUT2D eigenvalue weighted by atomic mass is 9.79. The maximum absolute atomic E-state index is 5.59. The largest absolute Gasteiger partial charge is 0.381 e. The zero-order valence-electron chi connectivity index (χ0n) is 13.3. The number of likely N-dealkylation sites (tertiary alicyclic amines) is 1. The van der Waals surface area contributed by atoms with Crippen LogP contribution in [0.1, 0.15) is 47.0 Å². The average molecular weight is 268 g/mol. The molecule has 2 heterocycles. The van der Waals surface area contributed by atoms with E-state index in [1.807, 2.05) is 0 Å². The molecule has 0 amide bonds. The third-order valence-corrected chi connectivity index (χ3v) is 4.75. The van der Waals surface area contributed by atoms with Crippen LogP contribution in [0.15, 0.2) is 0 Å². The van der Waals surface area contributed by atoms with Crippen molar-refractivity contribution in [1.82, 2.24) is 10.2 Å². The second-order valence-electron chi connectivity index (χ2n) is 7.77. The van der Waals surface area contributed by atoms with Gasteiger partial charge in [-0.25, -0.2) is 0 Å². The Balaban J connectivity index is 1.93. The third-order valence-electron chi connectivity index (χ3n) is 4.75. The SMILES string of the molecule is CC(C)NCC1(CN2CCC(C)(C)C2)CCOCC1. The Labute approximate surface area is 119 Å². The summed E-state index contributed by atoms with van der Waals surface area (Å²) in [5.41, 5.74) is 0.945. The van der Waals surface area contributed by atoms with Gasteiger partial charge in [0.25, 0.3) is 0 Å². The van der Waals surface area contributed by atoms with Crippen molar-refractivity contribution in [2.75, 3.05) is 39.4 Å². The van der Waals surface area contributed by atoms with Crippen LogP contribution >= 0.6 is 0 Å². The lowest BCUT2D eigenvalue weighted by molar-refractivity contribution is -0.00293. The molecule has 0 saturated carbocycles. The van der Waals surface area contributed by atoms with Gasteiger partial charge in [0, 0.05) is 38.9 Å². The number of nitrogens with one attached hydrogen (secondary N) is 1. The van der Waals surface area contributed by atoms with E-state index in [0.29, 0.717) is 16.9 Å². The monoisotopic (exact) mass is 268 g/mol. The van der Waals surface area contributed by atoms with Gasteiger partial charge in [-0.3, -0.25) is 0 Å². The summed E-state index contributed by atoms with van der Waals surface area (Å²) in [5, 5.41) is 3.67. The first-order valence-corrected chi connectivity index (χ1v) is 7.94. The van der Waals surface area contributed by atoms with Crippen LogP contribution < -0.4 is 5.32 Å². The zero-order chi connectivity index (χ0) is 13.9. The van der Waals surface area contributed by atoms with Crippen molar-refractivity contribution in [2.45, 2.75) is 53.0 Å². The lowest BCUT2D eigenvalue weighted by Crippen LogP contribution is -2.48. The van der Waals surface area contributed by atoms with Crippen LogP contribution in [-0.2, 0) is 4.74 Å². The average Bonchev–Trinajstić information content (AvgIpc) is 2.67. The Hall–Kier alpha value is -0.120. The maximum atomic E-state index is 5.59. The van der Waals surface area contributed by atoms with Crippen LogP contribution in [0.3, 0.4) is 0 Å². The second kappa shape index (κ2) is 6.11. The minimum atomic E-state index is 0.433. The van der Waals surface area contributed by atoms with E-state index in [1.54, 1.807) is 0 Å². The van der Waals surface area contributed by atoms with E-state index in [9.17, 15) is 0 Å². The fourth-order valence-electron chi connectivity index (χ4n) is 3.45. The smallest absolute Gasteiger partial charge is 0.0472 e. The quantitative estimate of drug-likeness (QED) is 0.829. The van der Waals surface area contributed by atoms with Gasteiger partial charge in [-0.1, -0.05) is 27.7 Å². The Kier molecular flexibility index (Phi) is 4.91. The van der Waals surface area contributed by atoms with E-state index in [2.05, 4.69) is 37.9 Å². The molecule has 19 heavy (non-hydrogen) atoms. The maximum Gasteiger partial charge on any atom is 0.0472 e. The number of rotatable bonds is 5. The van der Waals surface area contributed by atoms with Crippen molar-refractivity contribution in [3.63, 3.8) is 0 Å². The summed E-state index contributed by atoms with van der Waals surface area (Å²) in [6.45, 7) is 16.1. The van der Waals surface area contributed by atoms with Gasteiger partial charge in [0.15, 0.2) is 0 Å². The summed E-state index contributed by atoms with van der Waals surface area (Å²) in [7, 11) is 0. The van der Waals surface area contributed by atoms with Crippen LogP contribution in [0, 0.1) is 10.8 Å². The Morgan fingerprint density at radius 1 is 1.16 bits per heavy atom. The Morgan fingerprint density at radius 3 is 2.37 bits per heavy atom. The zero-order valence-corrected chi connectivity index (χ0v) is 13.3. The predicted octanol–water partition coefficient (Wildman–Crippen LogP) is 2.51. The minimum Gasteiger partial charge on any atom is -0.381 e. The topological polar surface area (TPSA) is 24.5 Å². The summed E-state index contributed by atoms with van der Waals surface area (Å²) >= 11 is 0. The van der Waals surface area contributed by atoms with Crippen molar-refractivity contribution in [2.24, 2.45) is 10.8 Å². The highest BCUT2D eigenvalue weighted by Gasteiger charge is 2.38. The first kappa shape index (κ1) is 15.3. The molecular weight excluding hydrogens is 236 g/mol. The van der Waals surface area contributed by atoms with Gasteiger partial charge in [-0.05, 0) is 36.6 Å². The molecule has 0 bridgehead atoms. The van der Waals surface area contributed by atoms with Gasteiger partial charge in [-0.15, -0.1) is 0 Å². The van der Waals surface area contributed by atoms with Crippen molar-refractivity contribution in [3.05, 3.63) is 0 Å². The third kappa shape index (κ3) is 4.44. The van der Waals surface area contributed by atoms with Gasteiger partial charge in [0.2, 0.25) is 0 Å². The van der Waals surface area contributed by atoms with Crippen molar-refractivity contribution in [3.8, 4) is 0 Å². The molecule has 1 N–H and O–H groups in total. The molecule has 2 fully saturated rings. The van der Waals surface area contributed by atoms with E-state index in [4.69, 9.17) is 4.74 Å². The van der Waals surface area contributed by atoms with Gasteiger partial charge < -0.3 is 15.0 Å². The minimum absolute atomic E-state index is 0.433. The molecule has 0 aromatic heterocycles. The molecule has 2 rings (SSSR count). The molecule has 3 heteroatoms. The molecular formula is C16H32N2O. The van der Waals surface area contributed by atoms with Gasteiger partial charge in [0.1, 0.15) is 0 Å². The molecule has 112 valence electrons. The second-order valence-corrected chi connectivity index (χ2v) is 7.77. The fourth-order valence-corrected chi connectivity index (χ4v) is 3.45. The first-order chi connectivity index (χ1) is 8.91. The molecule has 0 unspecified atom stereocenters. The van der Waals surface area contributed by atoms with Crippen LogP contribution in [0.25, 0.3) is 0 Å². The highest BCUT2D eigenvalue weighted by molar-refractivity contribution is 4.91. The molecule has 2 aliphatic heterocycles. The van der Waals surface area contributed by atoms with E-state index in [1.165, 1.54) is 38.9 Å². The summed E-state index contributed by atoms with van der Waals surface area (Å²) in [5.74, 6) is 0. The molecule has 0 aromatic carbocycles. The summed E-state index contributed by atoms with van der Waals surface area (Å²) in [6, 6.07) is 0.578. The molecule has 0 atom stereocenters.